The molecule has 0 unspecified atom stereocenters. The van der Waals surface area contributed by atoms with Crippen LogP contribution in [0.25, 0.3) is 0 Å². The van der Waals surface area contributed by atoms with Crippen molar-refractivity contribution < 1.29 is 0 Å². The van der Waals surface area contributed by atoms with Crippen LogP contribution in [-0.4, -0.2) is 0 Å². The Balaban J connectivity index is 1.55. The smallest absolute Gasteiger partial charge is 0.0233 e. The zero-order valence-electron chi connectivity index (χ0n) is 15.8. The zero-order chi connectivity index (χ0) is 16.3. The van der Waals surface area contributed by atoms with Crippen molar-refractivity contribution in [3.05, 3.63) is 24.3 Å². The van der Waals surface area contributed by atoms with E-state index in [0.717, 1.165) is 23.7 Å². The predicted molar refractivity (Wildman–Crippen MR) is 104 cm³/mol. The Morgan fingerprint density at radius 1 is 0.652 bits per heavy atom. The molecule has 23 heavy (non-hydrogen) atoms. The highest BCUT2D eigenvalue weighted by Crippen LogP contribution is 2.34. The summed E-state index contributed by atoms with van der Waals surface area (Å²) < 4.78 is 0. The maximum atomic E-state index is 2.52. The largest absolute Gasteiger partial charge is 0.0885 e. The monoisotopic (exact) mass is 316 g/mol. The maximum absolute atomic E-state index is 2.52. The summed E-state index contributed by atoms with van der Waals surface area (Å²) >= 11 is 0. The molecule has 0 heteroatoms. The fraction of sp³-hybridized carbons (Fsp3) is 0.826. The molecule has 0 aromatic rings. The lowest BCUT2D eigenvalue weighted by Crippen LogP contribution is -2.14. The third-order valence-electron chi connectivity index (χ3n) is 6.30. The fourth-order valence-electron chi connectivity index (χ4n) is 4.69. The molecule has 0 radical (unpaired) electrons. The molecule has 0 nitrogen and oxygen atoms in total. The van der Waals surface area contributed by atoms with Crippen molar-refractivity contribution in [2.75, 3.05) is 0 Å². The van der Waals surface area contributed by atoms with Gasteiger partial charge in [-0.1, -0.05) is 63.8 Å². The number of allylic oxidation sites excluding steroid dienone is 4. The van der Waals surface area contributed by atoms with Crippen molar-refractivity contribution in [1.82, 2.24) is 0 Å². The van der Waals surface area contributed by atoms with Crippen LogP contribution >= 0.6 is 0 Å². The first-order valence-electron chi connectivity index (χ1n) is 10.6. The normalized spacial score (nSPS) is 32.8. The third kappa shape index (κ3) is 7.27. The van der Waals surface area contributed by atoms with Crippen LogP contribution in [-0.2, 0) is 0 Å². The van der Waals surface area contributed by atoms with Crippen molar-refractivity contribution in [3.63, 3.8) is 0 Å². The van der Waals surface area contributed by atoms with E-state index in [4.69, 9.17) is 0 Å². The SMILES string of the molecule is CCC=C[C@H]1CC[C@H](CC=CC[C@H]2CC[C@H](CCC)CC2)CC1. The van der Waals surface area contributed by atoms with Gasteiger partial charge in [-0.25, -0.2) is 0 Å². The van der Waals surface area contributed by atoms with Crippen LogP contribution in [0.5, 0.6) is 0 Å². The Morgan fingerprint density at radius 2 is 1.17 bits per heavy atom. The van der Waals surface area contributed by atoms with E-state index in [2.05, 4.69) is 38.2 Å². The molecule has 0 saturated heterocycles. The topological polar surface area (TPSA) is 0 Å². The average molecular weight is 317 g/mol. The summed E-state index contributed by atoms with van der Waals surface area (Å²) in [5, 5.41) is 0. The molecule has 0 aromatic heterocycles. The molecular formula is C23H40. The lowest BCUT2D eigenvalue weighted by atomic mass is 9.78. The average Bonchev–Trinajstić information content (AvgIpc) is 2.59. The van der Waals surface area contributed by atoms with Gasteiger partial charge in [-0.2, -0.15) is 0 Å². The summed E-state index contributed by atoms with van der Waals surface area (Å²) in [6.07, 6.45) is 28.4. The Labute approximate surface area is 145 Å². The molecule has 0 N–H and O–H groups in total. The molecule has 2 aliphatic carbocycles. The van der Waals surface area contributed by atoms with E-state index in [1.165, 1.54) is 83.5 Å². The van der Waals surface area contributed by atoms with Crippen LogP contribution in [0.3, 0.4) is 0 Å². The minimum Gasteiger partial charge on any atom is -0.0885 e. The molecule has 0 bridgehead atoms. The van der Waals surface area contributed by atoms with E-state index in [0.29, 0.717) is 0 Å². The number of rotatable bonds is 8. The first-order chi connectivity index (χ1) is 11.3. The van der Waals surface area contributed by atoms with E-state index in [-0.39, 0.29) is 0 Å². The van der Waals surface area contributed by atoms with E-state index >= 15 is 0 Å². The quantitative estimate of drug-likeness (QED) is 0.402. The van der Waals surface area contributed by atoms with Crippen molar-refractivity contribution in [1.29, 1.82) is 0 Å². The van der Waals surface area contributed by atoms with E-state index in [1.54, 1.807) is 0 Å². The molecular weight excluding hydrogens is 276 g/mol. The second-order valence-electron chi connectivity index (χ2n) is 8.24. The van der Waals surface area contributed by atoms with Crippen LogP contribution in [0, 0.1) is 23.7 Å². The van der Waals surface area contributed by atoms with Crippen molar-refractivity contribution in [3.8, 4) is 0 Å². The third-order valence-corrected chi connectivity index (χ3v) is 6.30. The molecule has 132 valence electrons. The van der Waals surface area contributed by atoms with Gasteiger partial charge in [-0.3, -0.25) is 0 Å². The predicted octanol–water partition coefficient (Wildman–Crippen LogP) is 7.70. The summed E-state index contributed by atoms with van der Waals surface area (Å²) in [6, 6.07) is 0. The Hall–Kier alpha value is -0.520. The lowest BCUT2D eigenvalue weighted by molar-refractivity contribution is 0.263. The second-order valence-corrected chi connectivity index (χ2v) is 8.24. The summed E-state index contributed by atoms with van der Waals surface area (Å²) in [5.74, 6) is 3.90. The molecule has 2 rings (SSSR count). The van der Waals surface area contributed by atoms with Gasteiger partial charge in [0.15, 0.2) is 0 Å². The molecule has 0 amide bonds. The van der Waals surface area contributed by atoms with Gasteiger partial charge in [0.05, 0.1) is 0 Å². The summed E-state index contributed by atoms with van der Waals surface area (Å²) in [6.45, 7) is 4.57. The minimum atomic E-state index is 0.883. The summed E-state index contributed by atoms with van der Waals surface area (Å²) in [7, 11) is 0. The standard InChI is InChI=1S/C23H40/c1-3-5-9-21-16-18-23(19-17-21)11-7-6-10-22-14-12-20(8-4-2)13-15-22/h5-7,9,20-23H,3-4,8,10-19H2,1-2H3/t20-,21-,22-,23-. The Kier molecular flexibility index (Phi) is 9.09. The first-order valence-corrected chi connectivity index (χ1v) is 10.6. The van der Waals surface area contributed by atoms with Gasteiger partial charge in [-0.05, 0) is 81.5 Å². The van der Waals surface area contributed by atoms with Gasteiger partial charge in [0, 0.05) is 0 Å². The molecule has 0 aromatic carbocycles. The highest BCUT2D eigenvalue weighted by atomic mass is 14.3. The molecule has 2 aliphatic rings. The van der Waals surface area contributed by atoms with Crippen LogP contribution < -0.4 is 0 Å². The van der Waals surface area contributed by atoms with E-state index in [9.17, 15) is 0 Å². The fourth-order valence-corrected chi connectivity index (χ4v) is 4.69. The van der Waals surface area contributed by atoms with Gasteiger partial charge in [0.1, 0.15) is 0 Å². The highest BCUT2D eigenvalue weighted by molar-refractivity contribution is 4.93. The minimum absolute atomic E-state index is 0.883. The van der Waals surface area contributed by atoms with Crippen LogP contribution in [0.15, 0.2) is 24.3 Å². The molecule has 0 spiro atoms. The van der Waals surface area contributed by atoms with Crippen molar-refractivity contribution in [2.45, 2.75) is 97.3 Å². The maximum Gasteiger partial charge on any atom is -0.0233 e. The van der Waals surface area contributed by atoms with Crippen LogP contribution in [0.2, 0.25) is 0 Å². The molecule has 2 fully saturated rings. The van der Waals surface area contributed by atoms with Gasteiger partial charge in [0.25, 0.3) is 0 Å². The number of hydrogen-bond donors (Lipinski definition) is 0. The molecule has 0 atom stereocenters. The van der Waals surface area contributed by atoms with Gasteiger partial charge < -0.3 is 0 Å². The van der Waals surface area contributed by atoms with Crippen LogP contribution in [0.1, 0.15) is 97.3 Å². The molecule has 2 saturated carbocycles. The molecule has 0 aliphatic heterocycles. The lowest BCUT2D eigenvalue weighted by Gasteiger charge is -2.28. The van der Waals surface area contributed by atoms with Crippen LogP contribution in [0.4, 0.5) is 0 Å². The Morgan fingerprint density at radius 3 is 1.70 bits per heavy atom. The highest BCUT2D eigenvalue weighted by Gasteiger charge is 2.20. The zero-order valence-corrected chi connectivity index (χ0v) is 15.8. The summed E-state index contributed by atoms with van der Waals surface area (Å²) in [4.78, 5) is 0. The van der Waals surface area contributed by atoms with Crippen molar-refractivity contribution >= 4 is 0 Å². The van der Waals surface area contributed by atoms with Gasteiger partial charge in [0.2, 0.25) is 0 Å². The first kappa shape index (κ1) is 18.8. The van der Waals surface area contributed by atoms with Crippen molar-refractivity contribution in [2.24, 2.45) is 23.7 Å². The summed E-state index contributed by atoms with van der Waals surface area (Å²) in [5.41, 5.74) is 0. The van der Waals surface area contributed by atoms with Gasteiger partial charge >= 0.3 is 0 Å². The number of hydrogen-bond acceptors (Lipinski definition) is 0. The van der Waals surface area contributed by atoms with E-state index in [1.807, 2.05) is 0 Å². The van der Waals surface area contributed by atoms with E-state index < -0.39 is 0 Å². The molecule has 0 heterocycles. The Bertz CT molecular complexity index is 335. The second kappa shape index (κ2) is 11.1. The van der Waals surface area contributed by atoms with Gasteiger partial charge in [-0.15, -0.1) is 0 Å².